The summed E-state index contributed by atoms with van der Waals surface area (Å²) in [6.45, 7) is 4.00. The van der Waals surface area contributed by atoms with Gasteiger partial charge in [-0.3, -0.25) is 15.0 Å². The second-order valence-electron chi connectivity index (χ2n) is 12.4. The van der Waals surface area contributed by atoms with Crippen LogP contribution >= 0.6 is 0 Å². The molecule has 0 N–H and O–H groups in total. The molecule has 3 nitrogen and oxygen atoms in total. The minimum atomic E-state index is 0.940. The van der Waals surface area contributed by atoms with E-state index in [9.17, 15) is 0 Å². The molecule has 0 fully saturated rings. The molecular weight excluding hydrogens is 607 g/mol. The Hall–Kier alpha value is -6.45. The van der Waals surface area contributed by atoms with Gasteiger partial charge in [0.25, 0.3) is 0 Å². The number of aromatic nitrogens is 3. The molecule has 0 saturated carbocycles. The van der Waals surface area contributed by atoms with Gasteiger partial charge in [0.05, 0.1) is 11.4 Å². The van der Waals surface area contributed by atoms with Crippen molar-refractivity contribution in [2.75, 3.05) is 0 Å². The van der Waals surface area contributed by atoms with Crippen molar-refractivity contribution in [1.29, 1.82) is 0 Å². The molecule has 3 aromatic heterocycles. The van der Waals surface area contributed by atoms with Crippen LogP contribution in [-0.4, -0.2) is 15.0 Å². The van der Waals surface area contributed by atoms with E-state index in [1.165, 1.54) is 49.0 Å². The highest BCUT2D eigenvalue weighted by atomic mass is 14.7. The van der Waals surface area contributed by atoms with E-state index in [0.717, 1.165) is 39.2 Å². The van der Waals surface area contributed by atoms with Gasteiger partial charge < -0.3 is 0 Å². The lowest BCUT2D eigenvalue weighted by Crippen LogP contribution is -1.91. The largest absolute Gasteiger partial charge is 0.264 e. The monoisotopic (exact) mass is 641 g/mol. The number of benzene rings is 6. The second kappa shape index (κ2) is 13.6. The number of rotatable bonds is 5. The molecule has 9 aromatic rings. The number of hydrogen-bond donors (Lipinski definition) is 0. The van der Waals surface area contributed by atoms with Crippen LogP contribution in [0.4, 0.5) is 0 Å². The summed E-state index contributed by atoms with van der Waals surface area (Å²) in [4.78, 5) is 13.7. The van der Waals surface area contributed by atoms with E-state index < -0.39 is 0 Å². The van der Waals surface area contributed by atoms with Crippen LogP contribution in [0.3, 0.4) is 0 Å². The quantitative estimate of drug-likeness (QED) is 0.139. The van der Waals surface area contributed by atoms with Crippen molar-refractivity contribution in [2.24, 2.45) is 0 Å². The number of pyridine rings is 3. The Labute approximate surface area is 292 Å². The number of allylic oxidation sites excluding steroid dienone is 2. The van der Waals surface area contributed by atoms with Gasteiger partial charge in [0.2, 0.25) is 0 Å². The van der Waals surface area contributed by atoms with E-state index >= 15 is 0 Å². The minimum Gasteiger partial charge on any atom is -0.264 e. The van der Waals surface area contributed by atoms with E-state index in [2.05, 4.69) is 124 Å². The molecule has 0 spiro atoms. The summed E-state index contributed by atoms with van der Waals surface area (Å²) in [5.41, 5.74) is 11.0. The molecule has 0 aliphatic rings. The average molecular weight is 642 g/mol. The molecule has 0 aliphatic carbocycles. The summed E-state index contributed by atoms with van der Waals surface area (Å²) in [6, 6.07) is 49.8. The molecule has 3 heteroatoms. The average Bonchev–Trinajstić information content (AvgIpc) is 3.20. The molecule has 0 aliphatic heterocycles. The summed E-state index contributed by atoms with van der Waals surface area (Å²) in [5, 5.41) is 7.62. The highest BCUT2D eigenvalue weighted by molar-refractivity contribution is 6.27. The fraction of sp³-hybridized carbons (Fsp3) is 0.0426. The third-order valence-corrected chi connectivity index (χ3v) is 9.33. The zero-order valence-electron chi connectivity index (χ0n) is 28.1. The Morgan fingerprint density at radius 2 is 0.920 bits per heavy atom. The van der Waals surface area contributed by atoms with Gasteiger partial charge in [-0.25, -0.2) is 0 Å². The first-order valence-corrected chi connectivity index (χ1v) is 17.0. The summed E-state index contributed by atoms with van der Waals surface area (Å²) >= 11 is 0. The van der Waals surface area contributed by atoms with E-state index in [4.69, 9.17) is 0 Å². The maximum absolute atomic E-state index is 4.66. The number of hydrogen-bond acceptors (Lipinski definition) is 3. The van der Waals surface area contributed by atoms with Crippen LogP contribution in [-0.2, 0) is 0 Å². The van der Waals surface area contributed by atoms with Crippen molar-refractivity contribution < 1.29 is 0 Å². The van der Waals surface area contributed by atoms with Gasteiger partial charge in [-0.15, -0.1) is 0 Å². The Bertz CT molecular complexity index is 2530. The van der Waals surface area contributed by atoms with Gasteiger partial charge in [0.1, 0.15) is 0 Å². The van der Waals surface area contributed by atoms with Gasteiger partial charge in [0, 0.05) is 41.5 Å². The first-order chi connectivity index (χ1) is 24.7. The molecule has 6 aromatic carbocycles. The van der Waals surface area contributed by atoms with Gasteiger partial charge in [-0.2, -0.15) is 0 Å². The SMILES string of the molecule is C/C=C\C.c1ccc(-c2cc(-c3cccc(-c4ccc5ccc6c(-c7cccnc7)ccc7ccc4c5c76)c3)cc(-c3ccccn3)c2)nc1. The van der Waals surface area contributed by atoms with Crippen molar-refractivity contribution in [3.8, 4) is 55.9 Å². The zero-order valence-corrected chi connectivity index (χ0v) is 28.1. The van der Waals surface area contributed by atoms with Gasteiger partial charge >= 0.3 is 0 Å². The van der Waals surface area contributed by atoms with Crippen molar-refractivity contribution in [3.63, 3.8) is 0 Å². The molecule has 0 saturated heterocycles. The molecule has 3 heterocycles. The van der Waals surface area contributed by atoms with Crippen LogP contribution in [0, 0.1) is 0 Å². The van der Waals surface area contributed by atoms with Crippen LogP contribution in [0.1, 0.15) is 13.8 Å². The molecule has 0 radical (unpaired) electrons. The van der Waals surface area contributed by atoms with Crippen LogP contribution < -0.4 is 0 Å². The highest BCUT2D eigenvalue weighted by Gasteiger charge is 2.16. The van der Waals surface area contributed by atoms with E-state index in [0.29, 0.717) is 0 Å². The lowest BCUT2D eigenvalue weighted by atomic mass is 9.87. The smallest absolute Gasteiger partial charge is 0.0702 e. The van der Waals surface area contributed by atoms with Gasteiger partial charge in [0.15, 0.2) is 0 Å². The predicted octanol–water partition coefficient (Wildman–Crippen LogP) is 12.7. The van der Waals surface area contributed by atoms with Gasteiger partial charge in [-0.05, 0) is 129 Å². The van der Waals surface area contributed by atoms with Crippen molar-refractivity contribution in [3.05, 3.63) is 176 Å². The minimum absolute atomic E-state index is 0.940. The van der Waals surface area contributed by atoms with Crippen molar-refractivity contribution >= 4 is 32.3 Å². The van der Waals surface area contributed by atoms with E-state index in [1.54, 1.807) is 0 Å². The van der Waals surface area contributed by atoms with Gasteiger partial charge in [-0.1, -0.05) is 97.1 Å². The van der Waals surface area contributed by atoms with Crippen LogP contribution in [0.5, 0.6) is 0 Å². The molecular formula is C47H35N3. The van der Waals surface area contributed by atoms with Crippen molar-refractivity contribution in [2.45, 2.75) is 13.8 Å². The zero-order chi connectivity index (χ0) is 33.9. The lowest BCUT2D eigenvalue weighted by molar-refractivity contribution is 1.31. The Morgan fingerprint density at radius 3 is 1.46 bits per heavy atom. The predicted molar refractivity (Wildman–Crippen MR) is 211 cm³/mol. The molecule has 0 bridgehead atoms. The third-order valence-electron chi connectivity index (χ3n) is 9.33. The summed E-state index contributed by atoms with van der Waals surface area (Å²) in [7, 11) is 0. The Kier molecular flexibility index (Phi) is 8.38. The molecule has 50 heavy (non-hydrogen) atoms. The molecule has 9 rings (SSSR count). The van der Waals surface area contributed by atoms with E-state index in [-0.39, 0.29) is 0 Å². The van der Waals surface area contributed by atoms with Crippen LogP contribution in [0.25, 0.3) is 88.2 Å². The molecule has 0 amide bonds. The Morgan fingerprint density at radius 1 is 0.400 bits per heavy atom. The van der Waals surface area contributed by atoms with Crippen LogP contribution in [0.2, 0.25) is 0 Å². The topological polar surface area (TPSA) is 38.7 Å². The lowest BCUT2D eigenvalue weighted by Gasteiger charge is -2.17. The number of nitrogens with zero attached hydrogens (tertiary/aromatic N) is 3. The Balaban J connectivity index is 0.000000859. The first kappa shape index (κ1) is 30.9. The second-order valence-corrected chi connectivity index (χ2v) is 12.4. The fourth-order valence-electron chi connectivity index (χ4n) is 6.85. The van der Waals surface area contributed by atoms with Crippen LogP contribution in [0.15, 0.2) is 176 Å². The third kappa shape index (κ3) is 5.80. The summed E-state index contributed by atoms with van der Waals surface area (Å²) in [5.74, 6) is 0. The normalized spacial score (nSPS) is 11.3. The molecule has 238 valence electrons. The molecule has 0 unspecified atom stereocenters. The molecule has 0 atom stereocenters. The standard InChI is InChI=1S/C43H27N3.C4H8/c1-3-21-45-40(10-1)34-24-33(25-35(26-34)41-11-2-4-22-46-41)30-7-5-8-31(23-30)36-16-12-28-15-19-39-37(32-9-6-20-44-27-32)17-13-29-14-18-38(36)42(28)43(29)39;1-3-4-2/h1-27H;3-4H,1-2H3/b;4-3-. The van der Waals surface area contributed by atoms with E-state index in [1.807, 2.05) is 81.1 Å². The first-order valence-electron chi connectivity index (χ1n) is 17.0. The maximum Gasteiger partial charge on any atom is 0.0702 e. The summed E-state index contributed by atoms with van der Waals surface area (Å²) in [6.07, 6.45) is 11.5. The highest BCUT2D eigenvalue weighted by Crippen LogP contribution is 2.43. The maximum atomic E-state index is 4.66. The summed E-state index contributed by atoms with van der Waals surface area (Å²) < 4.78 is 0. The fourth-order valence-corrected chi connectivity index (χ4v) is 6.85. The van der Waals surface area contributed by atoms with Crippen molar-refractivity contribution in [1.82, 2.24) is 15.0 Å².